The third-order valence-electron chi connectivity index (χ3n) is 4.84. The Hall–Kier alpha value is -2.73. The van der Waals surface area contributed by atoms with E-state index in [2.05, 4.69) is 39.8 Å². The van der Waals surface area contributed by atoms with Crippen LogP contribution in [0.2, 0.25) is 5.02 Å². The quantitative estimate of drug-likeness (QED) is 0.712. The SMILES string of the molecule is O=C(c1ccc(Cl)cc1-n1cnnn1)N1CCC(c2ccccc2)CC1. The fraction of sp³-hybridized carbons (Fsp3) is 0.263. The van der Waals surface area contributed by atoms with Crippen LogP contribution in [0.4, 0.5) is 0 Å². The van der Waals surface area contributed by atoms with E-state index < -0.39 is 0 Å². The molecule has 4 rings (SSSR count). The number of hydrogen-bond acceptors (Lipinski definition) is 4. The van der Waals surface area contributed by atoms with Crippen molar-refractivity contribution < 1.29 is 4.79 Å². The first-order chi connectivity index (χ1) is 12.7. The van der Waals surface area contributed by atoms with Gasteiger partial charge in [0.2, 0.25) is 0 Å². The van der Waals surface area contributed by atoms with Crippen molar-refractivity contribution in [2.45, 2.75) is 18.8 Å². The van der Waals surface area contributed by atoms with Crippen LogP contribution < -0.4 is 0 Å². The second-order valence-corrected chi connectivity index (χ2v) is 6.83. The molecule has 132 valence electrons. The summed E-state index contributed by atoms with van der Waals surface area (Å²) in [5.41, 5.74) is 2.50. The maximum atomic E-state index is 13.1. The van der Waals surface area contributed by atoms with Gasteiger partial charge >= 0.3 is 0 Å². The molecule has 6 nitrogen and oxygen atoms in total. The van der Waals surface area contributed by atoms with Gasteiger partial charge in [0.15, 0.2) is 0 Å². The minimum atomic E-state index is -0.0151. The number of carbonyl (C=O) groups is 1. The minimum absolute atomic E-state index is 0.0151. The average Bonchev–Trinajstić information content (AvgIpc) is 3.23. The average molecular weight is 368 g/mol. The zero-order chi connectivity index (χ0) is 17.9. The molecule has 1 aliphatic heterocycles. The molecule has 1 aromatic heterocycles. The summed E-state index contributed by atoms with van der Waals surface area (Å²) in [5.74, 6) is 0.489. The van der Waals surface area contributed by atoms with Crippen LogP contribution in [0.1, 0.15) is 34.7 Å². The number of tetrazole rings is 1. The topological polar surface area (TPSA) is 63.9 Å². The van der Waals surface area contributed by atoms with Gasteiger partial charge in [-0.1, -0.05) is 41.9 Å². The van der Waals surface area contributed by atoms with Crippen molar-refractivity contribution in [3.05, 3.63) is 71.0 Å². The van der Waals surface area contributed by atoms with Crippen LogP contribution in [-0.4, -0.2) is 44.1 Å². The Morgan fingerprint density at radius 3 is 2.54 bits per heavy atom. The zero-order valence-electron chi connectivity index (χ0n) is 14.1. The van der Waals surface area contributed by atoms with Crippen LogP contribution in [0.15, 0.2) is 54.9 Å². The molecule has 2 aromatic carbocycles. The summed E-state index contributed by atoms with van der Waals surface area (Å²) in [7, 11) is 0. The van der Waals surface area contributed by atoms with E-state index in [0.717, 1.165) is 25.9 Å². The number of nitrogens with zero attached hydrogens (tertiary/aromatic N) is 5. The number of amides is 1. The molecule has 0 atom stereocenters. The fourth-order valence-corrected chi connectivity index (χ4v) is 3.62. The number of rotatable bonds is 3. The van der Waals surface area contributed by atoms with Crippen LogP contribution in [0.5, 0.6) is 0 Å². The van der Waals surface area contributed by atoms with E-state index in [9.17, 15) is 4.79 Å². The Kier molecular flexibility index (Phi) is 4.67. The summed E-state index contributed by atoms with van der Waals surface area (Å²) in [6.45, 7) is 1.46. The molecule has 0 saturated carbocycles. The highest BCUT2D eigenvalue weighted by Gasteiger charge is 2.26. The molecule has 0 bridgehead atoms. The normalized spacial score (nSPS) is 15.2. The maximum absolute atomic E-state index is 13.1. The number of benzene rings is 2. The molecular weight excluding hydrogens is 350 g/mol. The van der Waals surface area contributed by atoms with E-state index >= 15 is 0 Å². The van der Waals surface area contributed by atoms with E-state index in [4.69, 9.17) is 11.6 Å². The first-order valence-electron chi connectivity index (χ1n) is 8.59. The van der Waals surface area contributed by atoms with Gasteiger partial charge in [-0.25, -0.2) is 0 Å². The lowest BCUT2D eigenvalue weighted by Gasteiger charge is -2.32. The van der Waals surface area contributed by atoms with Gasteiger partial charge in [0.05, 0.1) is 11.3 Å². The van der Waals surface area contributed by atoms with Gasteiger partial charge in [-0.15, -0.1) is 5.10 Å². The van der Waals surface area contributed by atoms with Gasteiger partial charge < -0.3 is 4.90 Å². The predicted octanol–water partition coefficient (Wildman–Crippen LogP) is 3.34. The lowest BCUT2D eigenvalue weighted by atomic mass is 9.89. The molecule has 1 fully saturated rings. The van der Waals surface area contributed by atoms with E-state index in [1.807, 2.05) is 11.0 Å². The maximum Gasteiger partial charge on any atom is 0.256 e. The van der Waals surface area contributed by atoms with E-state index in [1.165, 1.54) is 16.6 Å². The van der Waals surface area contributed by atoms with Crippen molar-refractivity contribution in [3.63, 3.8) is 0 Å². The third-order valence-corrected chi connectivity index (χ3v) is 5.07. The summed E-state index contributed by atoms with van der Waals surface area (Å²) in [4.78, 5) is 15.0. The van der Waals surface area contributed by atoms with Crippen molar-refractivity contribution >= 4 is 17.5 Å². The van der Waals surface area contributed by atoms with Crippen LogP contribution >= 0.6 is 11.6 Å². The monoisotopic (exact) mass is 367 g/mol. The Morgan fingerprint density at radius 1 is 1.08 bits per heavy atom. The molecule has 7 heteroatoms. The molecule has 26 heavy (non-hydrogen) atoms. The first-order valence-corrected chi connectivity index (χ1v) is 8.97. The van der Waals surface area contributed by atoms with E-state index in [0.29, 0.717) is 22.2 Å². The van der Waals surface area contributed by atoms with Crippen LogP contribution in [0.25, 0.3) is 5.69 Å². The summed E-state index contributed by atoms with van der Waals surface area (Å²) in [6, 6.07) is 15.7. The summed E-state index contributed by atoms with van der Waals surface area (Å²) in [6.07, 6.45) is 3.39. The largest absolute Gasteiger partial charge is 0.339 e. The predicted molar refractivity (Wildman–Crippen MR) is 98.5 cm³/mol. The number of piperidine rings is 1. The van der Waals surface area contributed by atoms with Crippen molar-refractivity contribution in [2.75, 3.05) is 13.1 Å². The number of likely N-dealkylation sites (tertiary alicyclic amines) is 1. The molecule has 0 spiro atoms. The number of hydrogen-bond donors (Lipinski definition) is 0. The zero-order valence-corrected chi connectivity index (χ0v) is 14.9. The number of aromatic nitrogens is 4. The van der Waals surface area contributed by atoms with E-state index in [1.54, 1.807) is 18.2 Å². The van der Waals surface area contributed by atoms with Crippen LogP contribution in [-0.2, 0) is 0 Å². The van der Waals surface area contributed by atoms with Gasteiger partial charge in [0.25, 0.3) is 5.91 Å². The lowest BCUT2D eigenvalue weighted by Crippen LogP contribution is -2.38. The first kappa shape index (κ1) is 16.7. The molecular formula is C19H18ClN5O. The van der Waals surface area contributed by atoms with Crippen molar-refractivity contribution in [2.24, 2.45) is 0 Å². The second kappa shape index (κ2) is 7.25. The van der Waals surface area contributed by atoms with Crippen molar-refractivity contribution in [1.82, 2.24) is 25.1 Å². The molecule has 1 saturated heterocycles. The molecule has 1 aliphatic rings. The minimum Gasteiger partial charge on any atom is -0.339 e. The molecule has 2 heterocycles. The highest BCUT2D eigenvalue weighted by molar-refractivity contribution is 6.31. The van der Waals surface area contributed by atoms with Crippen molar-refractivity contribution in [1.29, 1.82) is 0 Å². The lowest BCUT2D eigenvalue weighted by molar-refractivity contribution is 0.0713. The van der Waals surface area contributed by atoms with Gasteiger partial charge in [-0.2, -0.15) is 4.68 Å². The summed E-state index contributed by atoms with van der Waals surface area (Å²) >= 11 is 6.10. The molecule has 1 amide bonds. The fourth-order valence-electron chi connectivity index (χ4n) is 3.46. The number of carbonyl (C=O) groups excluding carboxylic acids is 1. The Bertz CT molecular complexity index is 890. The molecule has 0 aliphatic carbocycles. The highest BCUT2D eigenvalue weighted by atomic mass is 35.5. The third kappa shape index (κ3) is 3.32. The highest BCUT2D eigenvalue weighted by Crippen LogP contribution is 2.29. The van der Waals surface area contributed by atoms with Crippen molar-refractivity contribution in [3.8, 4) is 5.69 Å². The smallest absolute Gasteiger partial charge is 0.256 e. The van der Waals surface area contributed by atoms with Crippen LogP contribution in [0, 0.1) is 0 Å². The van der Waals surface area contributed by atoms with Gasteiger partial charge in [0, 0.05) is 18.1 Å². The standard InChI is InChI=1S/C19H18ClN5O/c20-16-6-7-17(18(12-16)25-13-21-22-23-25)19(26)24-10-8-15(9-11-24)14-4-2-1-3-5-14/h1-7,12-13,15H,8-11H2. The molecule has 0 radical (unpaired) electrons. The van der Waals surface area contributed by atoms with Gasteiger partial charge in [0.1, 0.15) is 6.33 Å². The summed E-state index contributed by atoms with van der Waals surface area (Å²) < 4.78 is 1.47. The molecule has 0 unspecified atom stereocenters. The van der Waals surface area contributed by atoms with Gasteiger partial charge in [-0.05, 0) is 52.9 Å². The van der Waals surface area contributed by atoms with Gasteiger partial charge in [-0.3, -0.25) is 4.79 Å². The Morgan fingerprint density at radius 2 is 1.85 bits per heavy atom. The molecule has 0 N–H and O–H groups in total. The molecule has 3 aromatic rings. The summed E-state index contributed by atoms with van der Waals surface area (Å²) in [5, 5.41) is 11.7. The number of halogens is 1. The Balaban J connectivity index is 1.53. The Labute approximate surface area is 156 Å². The van der Waals surface area contributed by atoms with Crippen LogP contribution in [0.3, 0.4) is 0 Å². The second-order valence-electron chi connectivity index (χ2n) is 6.39. The van der Waals surface area contributed by atoms with E-state index in [-0.39, 0.29) is 5.91 Å².